The first-order valence-corrected chi connectivity index (χ1v) is 9.67. The van der Waals surface area contributed by atoms with Gasteiger partial charge in [-0.15, -0.1) is 0 Å². The highest BCUT2D eigenvalue weighted by molar-refractivity contribution is 6.51. The lowest BCUT2D eigenvalue weighted by atomic mass is 9.89. The van der Waals surface area contributed by atoms with Gasteiger partial charge in [0.15, 0.2) is 11.5 Å². The van der Waals surface area contributed by atoms with Crippen molar-refractivity contribution in [2.75, 3.05) is 7.11 Å². The summed E-state index contributed by atoms with van der Waals surface area (Å²) in [6, 6.07) is 16.1. The largest absolute Gasteiger partial charge is 0.493 e. The quantitative estimate of drug-likeness (QED) is 0.633. The van der Waals surface area contributed by atoms with Crippen LogP contribution in [0.15, 0.2) is 60.6 Å². The van der Waals surface area contributed by atoms with Crippen LogP contribution in [0.5, 0.6) is 11.5 Å². The van der Waals surface area contributed by atoms with Crippen LogP contribution in [-0.2, 0) is 22.3 Å². The maximum atomic E-state index is 5.99. The van der Waals surface area contributed by atoms with Crippen LogP contribution in [-0.4, -0.2) is 25.4 Å². The molecule has 0 amide bonds. The van der Waals surface area contributed by atoms with Gasteiger partial charge < -0.3 is 18.8 Å². The second-order valence-corrected chi connectivity index (χ2v) is 8.02. The number of allylic oxidation sites excluding steroid dienone is 1. The van der Waals surface area contributed by atoms with Crippen molar-refractivity contribution in [2.24, 2.45) is 0 Å². The Hall–Kier alpha value is -2.24. The summed E-state index contributed by atoms with van der Waals surface area (Å²) in [6.45, 7) is 8.73. The molecule has 4 nitrogen and oxygen atoms in total. The molecular weight excluding hydrogens is 351 g/mol. The summed E-state index contributed by atoms with van der Waals surface area (Å²) in [7, 11) is 1.34. The Bertz CT molecular complexity index is 799. The van der Waals surface area contributed by atoms with Crippen molar-refractivity contribution in [2.45, 2.75) is 51.9 Å². The number of hydrogen-bond donors (Lipinski definition) is 0. The SMILES string of the molecule is COc1cc(C/C=C/B2OC(C)(C)C(C)(C)O2)ccc1OCc1ccccc1. The molecule has 0 aromatic heterocycles. The van der Waals surface area contributed by atoms with Crippen LogP contribution in [0.4, 0.5) is 0 Å². The minimum Gasteiger partial charge on any atom is -0.493 e. The van der Waals surface area contributed by atoms with E-state index in [1.54, 1.807) is 7.11 Å². The van der Waals surface area contributed by atoms with Gasteiger partial charge in [-0.3, -0.25) is 0 Å². The van der Waals surface area contributed by atoms with Gasteiger partial charge in [0.1, 0.15) is 6.61 Å². The van der Waals surface area contributed by atoms with E-state index in [0.29, 0.717) is 6.61 Å². The van der Waals surface area contributed by atoms with E-state index >= 15 is 0 Å². The van der Waals surface area contributed by atoms with Crippen molar-refractivity contribution in [1.82, 2.24) is 0 Å². The van der Waals surface area contributed by atoms with Crippen LogP contribution in [0.25, 0.3) is 0 Å². The second kappa shape index (κ2) is 8.42. The monoisotopic (exact) mass is 380 g/mol. The molecule has 3 rings (SSSR count). The fourth-order valence-corrected chi connectivity index (χ4v) is 2.98. The molecule has 0 aliphatic carbocycles. The number of ether oxygens (including phenoxy) is 2. The van der Waals surface area contributed by atoms with Gasteiger partial charge in [-0.1, -0.05) is 48.4 Å². The van der Waals surface area contributed by atoms with E-state index in [2.05, 4.69) is 39.8 Å². The van der Waals surface area contributed by atoms with Gasteiger partial charge in [-0.2, -0.15) is 0 Å². The molecule has 0 atom stereocenters. The second-order valence-electron chi connectivity index (χ2n) is 8.02. The average Bonchev–Trinajstić information content (AvgIpc) is 2.87. The molecule has 1 aliphatic heterocycles. The van der Waals surface area contributed by atoms with Gasteiger partial charge in [-0.25, -0.2) is 0 Å². The highest BCUT2D eigenvalue weighted by Gasteiger charge is 2.49. The lowest BCUT2D eigenvalue weighted by molar-refractivity contribution is 0.00578. The van der Waals surface area contributed by atoms with Crippen molar-refractivity contribution in [3.8, 4) is 11.5 Å². The fourth-order valence-electron chi connectivity index (χ4n) is 2.98. The van der Waals surface area contributed by atoms with Crippen molar-refractivity contribution < 1.29 is 18.8 Å². The summed E-state index contributed by atoms with van der Waals surface area (Å²) < 4.78 is 23.4. The van der Waals surface area contributed by atoms with Gasteiger partial charge in [0.25, 0.3) is 0 Å². The summed E-state index contributed by atoms with van der Waals surface area (Å²) in [5.41, 5.74) is 1.63. The number of benzene rings is 2. The minimum atomic E-state index is -0.319. The van der Waals surface area contributed by atoms with Crippen LogP contribution in [0.3, 0.4) is 0 Å². The average molecular weight is 380 g/mol. The first-order valence-electron chi connectivity index (χ1n) is 9.67. The van der Waals surface area contributed by atoms with Gasteiger partial charge in [-0.05, 0) is 57.4 Å². The summed E-state index contributed by atoms with van der Waals surface area (Å²) >= 11 is 0. The Morgan fingerprint density at radius 2 is 1.57 bits per heavy atom. The summed E-state index contributed by atoms with van der Waals surface area (Å²) in [5.74, 6) is 3.45. The van der Waals surface area contributed by atoms with Crippen LogP contribution < -0.4 is 9.47 Å². The molecule has 5 heteroatoms. The Labute approximate surface area is 168 Å². The first-order chi connectivity index (χ1) is 13.3. The molecule has 1 saturated heterocycles. The van der Waals surface area contributed by atoms with Crippen LogP contribution in [0.2, 0.25) is 0 Å². The molecule has 1 heterocycles. The topological polar surface area (TPSA) is 36.9 Å². The molecule has 0 radical (unpaired) electrons. The smallest absolute Gasteiger partial charge is 0.486 e. The molecule has 0 saturated carbocycles. The molecule has 28 heavy (non-hydrogen) atoms. The third kappa shape index (κ3) is 4.78. The van der Waals surface area contributed by atoms with Crippen molar-refractivity contribution >= 4 is 7.12 Å². The predicted molar refractivity (Wildman–Crippen MR) is 113 cm³/mol. The van der Waals surface area contributed by atoms with E-state index in [1.165, 1.54) is 0 Å². The van der Waals surface area contributed by atoms with Crippen molar-refractivity contribution in [3.63, 3.8) is 0 Å². The van der Waals surface area contributed by atoms with E-state index in [9.17, 15) is 0 Å². The highest BCUT2D eigenvalue weighted by Crippen LogP contribution is 2.37. The van der Waals surface area contributed by atoms with Crippen LogP contribution >= 0.6 is 0 Å². The molecule has 2 aromatic rings. The van der Waals surface area contributed by atoms with Crippen molar-refractivity contribution in [3.05, 3.63) is 71.7 Å². The summed E-state index contributed by atoms with van der Waals surface area (Å²) in [4.78, 5) is 0. The molecule has 0 N–H and O–H groups in total. The standard InChI is InChI=1S/C23H29BO4/c1-22(2)23(3,4)28-24(27-22)15-9-12-18-13-14-20(21(16-18)25-5)26-17-19-10-7-6-8-11-19/h6-11,13-16H,12,17H2,1-5H3/b15-9+. The zero-order chi connectivity index (χ0) is 20.2. The van der Waals surface area contributed by atoms with E-state index in [-0.39, 0.29) is 18.3 Å². The van der Waals surface area contributed by atoms with E-state index < -0.39 is 0 Å². The van der Waals surface area contributed by atoms with E-state index in [0.717, 1.165) is 29.0 Å². The summed E-state index contributed by atoms with van der Waals surface area (Å²) in [5, 5.41) is 0. The fraction of sp³-hybridized carbons (Fsp3) is 0.391. The zero-order valence-electron chi connectivity index (χ0n) is 17.4. The van der Waals surface area contributed by atoms with Gasteiger partial charge in [0.05, 0.1) is 18.3 Å². The van der Waals surface area contributed by atoms with Gasteiger partial charge in [0.2, 0.25) is 0 Å². The summed E-state index contributed by atoms with van der Waals surface area (Å²) in [6.07, 6.45) is 2.83. The van der Waals surface area contributed by atoms with Gasteiger partial charge in [0, 0.05) is 0 Å². The molecule has 1 aliphatic rings. The lowest BCUT2D eigenvalue weighted by Gasteiger charge is -2.32. The Kier molecular flexibility index (Phi) is 6.16. The number of rotatable bonds is 7. The maximum Gasteiger partial charge on any atom is 0.486 e. The highest BCUT2D eigenvalue weighted by atomic mass is 16.7. The minimum absolute atomic E-state index is 0.317. The molecule has 0 bridgehead atoms. The number of hydrogen-bond acceptors (Lipinski definition) is 4. The van der Waals surface area contributed by atoms with Crippen LogP contribution in [0, 0.1) is 0 Å². The molecule has 148 valence electrons. The zero-order valence-corrected chi connectivity index (χ0v) is 17.4. The van der Waals surface area contributed by atoms with Crippen LogP contribution in [0.1, 0.15) is 38.8 Å². The molecule has 0 spiro atoms. The Morgan fingerprint density at radius 1 is 0.893 bits per heavy atom. The van der Waals surface area contributed by atoms with Gasteiger partial charge >= 0.3 is 7.12 Å². The molecule has 0 unspecified atom stereocenters. The number of methoxy groups -OCH3 is 1. The molecular formula is C23H29BO4. The Balaban J connectivity index is 1.59. The third-order valence-electron chi connectivity index (χ3n) is 5.38. The van der Waals surface area contributed by atoms with E-state index in [4.69, 9.17) is 18.8 Å². The Morgan fingerprint density at radius 3 is 2.21 bits per heavy atom. The van der Waals surface area contributed by atoms with Crippen molar-refractivity contribution in [1.29, 1.82) is 0 Å². The molecule has 2 aromatic carbocycles. The third-order valence-corrected chi connectivity index (χ3v) is 5.38. The first kappa shape index (κ1) is 20.5. The molecule has 1 fully saturated rings. The van der Waals surface area contributed by atoms with E-state index in [1.807, 2.05) is 48.4 Å². The maximum absolute atomic E-state index is 5.99. The normalized spacial score (nSPS) is 17.8. The predicted octanol–water partition coefficient (Wildman–Crippen LogP) is 5.00. The lowest BCUT2D eigenvalue weighted by Crippen LogP contribution is -2.41.